The minimum Gasteiger partial charge on any atom is -0.286 e. The van der Waals surface area contributed by atoms with Gasteiger partial charge < -0.3 is 0 Å². The lowest BCUT2D eigenvalue weighted by Gasteiger charge is -2.13. The van der Waals surface area contributed by atoms with Gasteiger partial charge in [0, 0.05) is 12.3 Å². The predicted octanol–water partition coefficient (Wildman–Crippen LogP) is 3.72. The topological polar surface area (TPSA) is 78.4 Å². The molecule has 7 nitrogen and oxygen atoms in total. The first-order chi connectivity index (χ1) is 15.3. The van der Waals surface area contributed by atoms with Crippen LogP contribution in [0.3, 0.4) is 0 Å². The Labute approximate surface area is 192 Å². The first-order valence-corrected chi connectivity index (χ1v) is 10.8. The van der Waals surface area contributed by atoms with Crippen LogP contribution in [0.4, 0.5) is 4.39 Å². The predicted molar refractivity (Wildman–Crippen MR) is 122 cm³/mol. The van der Waals surface area contributed by atoms with Crippen LogP contribution in [0.1, 0.15) is 5.69 Å². The molecule has 0 amide bonds. The van der Waals surface area contributed by atoms with Crippen LogP contribution >= 0.6 is 34.5 Å². The van der Waals surface area contributed by atoms with Gasteiger partial charge in [0.25, 0.3) is 11.1 Å². The molecule has 4 aromatic heterocycles. The van der Waals surface area contributed by atoms with Gasteiger partial charge in [0.1, 0.15) is 16.2 Å². The monoisotopic (exact) mass is 488 g/mol. The fourth-order valence-corrected chi connectivity index (χ4v) is 4.62. The number of rotatable bonds is 3. The molecule has 0 radical (unpaired) electrons. The van der Waals surface area contributed by atoms with E-state index in [2.05, 4.69) is 4.98 Å². The van der Waals surface area contributed by atoms with E-state index in [-0.39, 0.29) is 22.8 Å². The van der Waals surface area contributed by atoms with Crippen LogP contribution in [0.25, 0.3) is 21.6 Å². The quantitative estimate of drug-likeness (QED) is 0.387. The molecule has 160 valence electrons. The van der Waals surface area contributed by atoms with Crippen molar-refractivity contribution in [3.63, 3.8) is 0 Å². The number of halogens is 3. The van der Waals surface area contributed by atoms with E-state index < -0.39 is 17.1 Å². The fourth-order valence-electron chi connectivity index (χ4n) is 3.46. The highest BCUT2D eigenvalue weighted by atomic mass is 35.5. The van der Waals surface area contributed by atoms with Crippen LogP contribution < -0.4 is 16.8 Å². The Bertz CT molecular complexity index is 1720. The summed E-state index contributed by atoms with van der Waals surface area (Å²) < 4.78 is 17.5. The molecular formula is C21H11Cl2FN4O3S. The average molecular weight is 489 g/mol. The van der Waals surface area contributed by atoms with Crippen LogP contribution in [0.15, 0.2) is 68.4 Å². The summed E-state index contributed by atoms with van der Waals surface area (Å²) in [4.78, 5) is 43.3. The molecule has 5 rings (SSSR count). The summed E-state index contributed by atoms with van der Waals surface area (Å²) in [7, 11) is 0. The van der Waals surface area contributed by atoms with E-state index in [0.29, 0.717) is 26.6 Å². The number of benzene rings is 1. The Kier molecular flexibility index (Phi) is 4.96. The van der Waals surface area contributed by atoms with Crippen molar-refractivity contribution in [2.24, 2.45) is 0 Å². The number of nitrogens with zero attached hydrogens (tertiary/aromatic N) is 4. The van der Waals surface area contributed by atoms with E-state index in [0.717, 1.165) is 10.6 Å². The number of thiophene rings is 1. The zero-order valence-electron chi connectivity index (χ0n) is 16.0. The number of pyridine rings is 1. The largest absolute Gasteiger partial charge is 0.336 e. The Morgan fingerprint density at radius 2 is 1.84 bits per heavy atom. The summed E-state index contributed by atoms with van der Waals surface area (Å²) in [5.74, 6) is -0.665. The first-order valence-electron chi connectivity index (χ1n) is 9.20. The van der Waals surface area contributed by atoms with Crippen molar-refractivity contribution in [2.45, 2.75) is 6.54 Å². The smallest absolute Gasteiger partial charge is 0.286 e. The highest BCUT2D eigenvalue weighted by molar-refractivity contribution is 7.17. The van der Waals surface area contributed by atoms with Crippen LogP contribution in [0.2, 0.25) is 10.0 Å². The Morgan fingerprint density at radius 3 is 2.62 bits per heavy atom. The maximum Gasteiger partial charge on any atom is 0.336 e. The molecule has 11 heteroatoms. The van der Waals surface area contributed by atoms with Gasteiger partial charge in [-0.25, -0.2) is 18.7 Å². The molecule has 0 aliphatic heterocycles. The van der Waals surface area contributed by atoms with Gasteiger partial charge in [-0.1, -0.05) is 23.2 Å². The zero-order chi connectivity index (χ0) is 22.6. The van der Waals surface area contributed by atoms with Crippen molar-refractivity contribution in [1.82, 2.24) is 18.5 Å². The fraction of sp³-hybridized carbons (Fsp3) is 0.0476. The molecule has 0 bridgehead atoms. The number of hydrogen-bond donors (Lipinski definition) is 0. The summed E-state index contributed by atoms with van der Waals surface area (Å²) in [5.41, 5.74) is -0.328. The van der Waals surface area contributed by atoms with Crippen molar-refractivity contribution < 1.29 is 4.39 Å². The SMILES string of the molecule is O=c1c2sccc2n(Cc2cc(=O)n3cc(Cl)ccc3n2)c(=O)n1-c1ccc(F)c(Cl)c1. The second-order valence-corrected chi connectivity index (χ2v) is 8.66. The minimum absolute atomic E-state index is 0.0599. The van der Waals surface area contributed by atoms with Crippen molar-refractivity contribution in [3.8, 4) is 5.69 Å². The molecule has 1 aromatic carbocycles. The van der Waals surface area contributed by atoms with Crippen LogP contribution in [-0.2, 0) is 6.54 Å². The molecule has 0 atom stereocenters. The summed E-state index contributed by atoms with van der Waals surface area (Å²) >= 11 is 13.0. The molecule has 0 unspecified atom stereocenters. The van der Waals surface area contributed by atoms with Crippen LogP contribution in [-0.4, -0.2) is 18.5 Å². The van der Waals surface area contributed by atoms with Gasteiger partial charge in [0.15, 0.2) is 0 Å². The lowest BCUT2D eigenvalue weighted by molar-refractivity contribution is 0.627. The Morgan fingerprint density at radius 1 is 1.03 bits per heavy atom. The second-order valence-electron chi connectivity index (χ2n) is 6.90. The summed E-state index contributed by atoms with van der Waals surface area (Å²) in [6, 6.07) is 9.76. The Balaban J connectivity index is 1.74. The van der Waals surface area contributed by atoms with Gasteiger partial charge >= 0.3 is 5.69 Å². The molecular weight excluding hydrogens is 478 g/mol. The number of fused-ring (bicyclic) bond motifs is 2. The van der Waals surface area contributed by atoms with Gasteiger partial charge in [0.05, 0.1) is 33.5 Å². The molecule has 0 aliphatic rings. The van der Waals surface area contributed by atoms with E-state index in [1.807, 2.05) is 0 Å². The van der Waals surface area contributed by atoms with Gasteiger partial charge in [-0.3, -0.25) is 18.6 Å². The minimum atomic E-state index is -0.665. The van der Waals surface area contributed by atoms with Crippen LogP contribution in [0.5, 0.6) is 0 Å². The zero-order valence-corrected chi connectivity index (χ0v) is 18.3. The highest BCUT2D eigenvalue weighted by Crippen LogP contribution is 2.20. The summed E-state index contributed by atoms with van der Waals surface area (Å²) in [6.07, 6.45) is 1.46. The van der Waals surface area contributed by atoms with Gasteiger partial charge in [0.2, 0.25) is 0 Å². The number of aromatic nitrogens is 4. The normalized spacial score (nSPS) is 11.5. The van der Waals surface area contributed by atoms with Crippen LogP contribution in [0, 0.1) is 5.82 Å². The molecule has 32 heavy (non-hydrogen) atoms. The molecule has 0 aliphatic carbocycles. The lowest BCUT2D eigenvalue weighted by Crippen LogP contribution is -2.39. The van der Waals surface area contributed by atoms with Gasteiger partial charge in [-0.15, -0.1) is 11.3 Å². The first kappa shape index (κ1) is 20.6. The third kappa shape index (κ3) is 3.35. The maximum absolute atomic E-state index is 13.6. The third-order valence-corrected chi connectivity index (χ3v) is 6.32. The molecule has 4 heterocycles. The average Bonchev–Trinajstić information content (AvgIpc) is 3.24. The van der Waals surface area contributed by atoms with Gasteiger partial charge in [-0.2, -0.15) is 0 Å². The molecule has 0 fully saturated rings. The standard InChI is InChI=1S/C21H11Cl2FN4O3S/c22-11-1-4-17-25-12(7-18(29)27(17)9-11)10-26-16-5-6-32-19(16)20(30)28(21(26)31)13-2-3-15(24)14(23)8-13/h1-9H,10H2. The van der Waals surface area contributed by atoms with E-state index in [4.69, 9.17) is 23.2 Å². The van der Waals surface area contributed by atoms with E-state index in [1.165, 1.54) is 44.7 Å². The van der Waals surface area contributed by atoms with Crippen molar-refractivity contribution >= 4 is 50.4 Å². The molecule has 0 saturated carbocycles. The van der Waals surface area contributed by atoms with E-state index >= 15 is 0 Å². The highest BCUT2D eigenvalue weighted by Gasteiger charge is 2.17. The maximum atomic E-state index is 13.6. The number of hydrogen-bond acceptors (Lipinski definition) is 5. The second kappa shape index (κ2) is 7.70. The van der Waals surface area contributed by atoms with E-state index in [9.17, 15) is 18.8 Å². The van der Waals surface area contributed by atoms with Crippen molar-refractivity contribution in [2.75, 3.05) is 0 Å². The molecule has 5 aromatic rings. The van der Waals surface area contributed by atoms with Crippen molar-refractivity contribution in [1.29, 1.82) is 0 Å². The van der Waals surface area contributed by atoms with Crippen molar-refractivity contribution in [3.05, 3.63) is 107 Å². The summed E-state index contributed by atoms with van der Waals surface area (Å²) in [6.45, 7) is -0.0599. The molecule has 0 saturated heterocycles. The summed E-state index contributed by atoms with van der Waals surface area (Å²) in [5, 5.41) is 1.86. The Hall–Kier alpha value is -3.27. The van der Waals surface area contributed by atoms with E-state index in [1.54, 1.807) is 23.6 Å². The molecule has 0 N–H and O–H groups in total. The third-order valence-electron chi connectivity index (χ3n) is 4.91. The van der Waals surface area contributed by atoms with Gasteiger partial charge in [-0.05, 0) is 41.8 Å². The lowest BCUT2D eigenvalue weighted by atomic mass is 10.3. The molecule has 0 spiro atoms.